The van der Waals surface area contributed by atoms with Gasteiger partial charge in [0.15, 0.2) is 5.78 Å². The van der Waals surface area contributed by atoms with E-state index in [-0.39, 0.29) is 17.0 Å². The van der Waals surface area contributed by atoms with Crippen LogP contribution in [-0.2, 0) is 0 Å². The zero-order valence-electron chi connectivity index (χ0n) is 8.21. The van der Waals surface area contributed by atoms with Gasteiger partial charge in [0, 0.05) is 5.56 Å². The molecule has 0 aliphatic carbocycles. The van der Waals surface area contributed by atoms with Gasteiger partial charge in [-0.15, -0.1) is 24.8 Å². The number of carbonyl (C=O) groups is 1. The molecule has 0 spiro atoms. The lowest BCUT2D eigenvalue weighted by Crippen LogP contribution is -2.17. The first-order chi connectivity index (χ1) is 7.85. The Bertz CT molecular complexity index is 479. The Hall–Kier alpha value is -1.74. The van der Waals surface area contributed by atoms with Crippen LogP contribution in [0.2, 0.25) is 0 Å². The molecule has 0 aliphatic heterocycles. The number of rotatable bonds is 3. The number of ketones is 1. The molecule has 0 saturated heterocycles. The minimum atomic E-state index is -4.88. The van der Waals surface area contributed by atoms with E-state index >= 15 is 0 Å². The van der Waals surface area contributed by atoms with E-state index in [0.717, 1.165) is 18.2 Å². The van der Waals surface area contributed by atoms with Crippen LogP contribution >= 0.6 is 11.6 Å². The topological polar surface area (TPSA) is 50.1 Å². The lowest BCUT2D eigenvalue weighted by atomic mass is 10.1. The summed E-state index contributed by atoms with van der Waals surface area (Å²) in [6, 6.07) is 4.55. The Morgan fingerprint density at radius 3 is 2.53 bits per heavy atom. The predicted molar refractivity (Wildman–Crippen MR) is 52.9 cm³/mol. The molecule has 7 heteroatoms. The zero-order chi connectivity index (χ0) is 13.1. The molecule has 0 unspecified atom stereocenters. The van der Waals surface area contributed by atoms with Gasteiger partial charge >= 0.3 is 6.36 Å². The highest BCUT2D eigenvalue weighted by molar-refractivity contribution is 6.30. The van der Waals surface area contributed by atoms with Gasteiger partial charge in [-0.05, 0) is 18.2 Å². The molecule has 1 aromatic rings. The SMILES string of the molecule is N#Cc1cc(OC(F)(F)F)cc(C(=O)CCl)c1. The standard InChI is InChI=1S/C10H5ClF3NO2/c11-4-9(16)7-1-6(5-15)2-8(3-7)17-10(12,13)14/h1-3H,4H2. The number of hydrogen-bond acceptors (Lipinski definition) is 3. The third-order valence-electron chi connectivity index (χ3n) is 1.71. The van der Waals surface area contributed by atoms with Crippen molar-refractivity contribution >= 4 is 17.4 Å². The average molecular weight is 264 g/mol. The van der Waals surface area contributed by atoms with Crippen LogP contribution in [0.4, 0.5) is 13.2 Å². The summed E-state index contributed by atoms with van der Waals surface area (Å²) < 4.78 is 39.6. The van der Waals surface area contributed by atoms with E-state index in [0.29, 0.717) is 0 Å². The van der Waals surface area contributed by atoms with Gasteiger partial charge in [-0.2, -0.15) is 5.26 Å². The van der Waals surface area contributed by atoms with Crippen molar-refractivity contribution < 1.29 is 22.7 Å². The highest BCUT2D eigenvalue weighted by atomic mass is 35.5. The highest BCUT2D eigenvalue weighted by Crippen LogP contribution is 2.25. The second-order valence-corrected chi connectivity index (χ2v) is 3.23. The molecule has 0 aromatic heterocycles. The molecule has 0 radical (unpaired) electrons. The van der Waals surface area contributed by atoms with Crippen molar-refractivity contribution in [2.75, 3.05) is 5.88 Å². The fourth-order valence-electron chi connectivity index (χ4n) is 1.09. The first-order valence-corrected chi connectivity index (χ1v) is 4.79. The molecule has 0 saturated carbocycles. The quantitative estimate of drug-likeness (QED) is 0.622. The van der Waals surface area contributed by atoms with Crippen LogP contribution in [0.15, 0.2) is 18.2 Å². The second kappa shape index (κ2) is 5.06. The summed E-state index contributed by atoms with van der Waals surface area (Å²) in [6.45, 7) is 0. The number of Topliss-reactive ketones (excluding diaryl/α,β-unsaturated/α-hetero) is 1. The lowest BCUT2D eigenvalue weighted by Gasteiger charge is -2.10. The molecule has 1 rings (SSSR count). The number of halogens is 4. The maximum atomic E-state index is 12.0. The monoisotopic (exact) mass is 263 g/mol. The van der Waals surface area contributed by atoms with Gasteiger partial charge in [0.1, 0.15) is 5.75 Å². The Kier molecular flexibility index (Phi) is 3.97. The maximum Gasteiger partial charge on any atom is 0.573 e. The van der Waals surface area contributed by atoms with E-state index in [1.54, 1.807) is 6.07 Å². The molecule has 3 nitrogen and oxygen atoms in total. The summed E-state index contributed by atoms with van der Waals surface area (Å²) in [6.07, 6.45) is -4.88. The summed E-state index contributed by atoms with van der Waals surface area (Å²) >= 11 is 5.27. The van der Waals surface area contributed by atoms with Crippen molar-refractivity contribution in [1.29, 1.82) is 5.26 Å². The fourth-order valence-corrected chi connectivity index (χ4v) is 1.25. The van der Waals surface area contributed by atoms with Crippen LogP contribution in [-0.4, -0.2) is 18.0 Å². The number of ether oxygens (including phenoxy) is 1. The van der Waals surface area contributed by atoms with Crippen molar-refractivity contribution in [2.45, 2.75) is 6.36 Å². The van der Waals surface area contributed by atoms with Crippen LogP contribution in [0.25, 0.3) is 0 Å². The number of carbonyl (C=O) groups excluding carboxylic acids is 1. The smallest absolute Gasteiger partial charge is 0.406 e. The molecule has 17 heavy (non-hydrogen) atoms. The van der Waals surface area contributed by atoms with Gasteiger partial charge < -0.3 is 4.74 Å². The van der Waals surface area contributed by atoms with Crippen LogP contribution in [0.1, 0.15) is 15.9 Å². The molecule has 0 heterocycles. The Morgan fingerprint density at radius 2 is 2.06 bits per heavy atom. The lowest BCUT2D eigenvalue weighted by molar-refractivity contribution is -0.274. The molecule has 0 aliphatic rings. The summed E-state index contributed by atoms with van der Waals surface area (Å²) in [5.41, 5.74) is -0.210. The highest BCUT2D eigenvalue weighted by Gasteiger charge is 2.31. The minimum Gasteiger partial charge on any atom is -0.406 e. The number of nitrogens with zero attached hydrogens (tertiary/aromatic N) is 1. The van der Waals surface area contributed by atoms with Crippen LogP contribution in [0.5, 0.6) is 5.75 Å². The first-order valence-electron chi connectivity index (χ1n) is 4.26. The third kappa shape index (κ3) is 3.96. The van der Waals surface area contributed by atoms with E-state index in [2.05, 4.69) is 4.74 Å². The summed E-state index contributed by atoms with van der Waals surface area (Å²) in [4.78, 5) is 11.2. The molecule has 1 aromatic carbocycles. The fraction of sp³-hybridized carbons (Fsp3) is 0.200. The summed E-state index contributed by atoms with van der Waals surface area (Å²) in [5, 5.41) is 8.61. The van der Waals surface area contributed by atoms with Crippen molar-refractivity contribution in [2.24, 2.45) is 0 Å². The van der Waals surface area contributed by atoms with Crippen LogP contribution < -0.4 is 4.74 Å². The van der Waals surface area contributed by atoms with E-state index in [1.807, 2.05) is 0 Å². The molecule has 0 amide bonds. The van der Waals surface area contributed by atoms with Crippen molar-refractivity contribution in [3.63, 3.8) is 0 Å². The molecule has 0 bridgehead atoms. The predicted octanol–water partition coefficient (Wildman–Crippen LogP) is 2.88. The van der Waals surface area contributed by atoms with Crippen molar-refractivity contribution in [3.8, 4) is 11.8 Å². The van der Waals surface area contributed by atoms with Crippen LogP contribution in [0.3, 0.4) is 0 Å². The van der Waals surface area contributed by atoms with E-state index in [4.69, 9.17) is 16.9 Å². The second-order valence-electron chi connectivity index (χ2n) is 2.96. The molecule has 90 valence electrons. The largest absolute Gasteiger partial charge is 0.573 e. The average Bonchev–Trinajstić information content (AvgIpc) is 2.25. The summed E-state index contributed by atoms with van der Waals surface area (Å²) in [7, 11) is 0. The van der Waals surface area contributed by atoms with Gasteiger partial charge in [-0.3, -0.25) is 4.79 Å². The van der Waals surface area contributed by atoms with E-state index in [1.165, 1.54) is 0 Å². The third-order valence-corrected chi connectivity index (χ3v) is 1.96. The zero-order valence-corrected chi connectivity index (χ0v) is 8.97. The van der Waals surface area contributed by atoms with Crippen LogP contribution in [0, 0.1) is 11.3 Å². The molecular weight excluding hydrogens is 259 g/mol. The number of nitriles is 1. The van der Waals surface area contributed by atoms with Gasteiger partial charge in [0.05, 0.1) is 17.5 Å². The number of benzene rings is 1. The Morgan fingerprint density at radius 1 is 1.41 bits per heavy atom. The molecule has 0 N–H and O–H groups in total. The van der Waals surface area contributed by atoms with Gasteiger partial charge in [0.2, 0.25) is 0 Å². The van der Waals surface area contributed by atoms with E-state index in [9.17, 15) is 18.0 Å². The number of alkyl halides is 4. The molecule has 0 fully saturated rings. The van der Waals surface area contributed by atoms with E-state index < -0.39 is 17.9 Å². The van der Waals surface area contributed by atoms with Gasteiger partial charge in [-0.1, -0.05) is 0 Å². The normalized spacial score (nSPS) is 10.8. The first kappa shape index (κ1) is 13.3. The van der Waals surface area contributed by atoms with Crippen molar-refractivity contribution in [3.05, 3.63) is 29.3 Å². The summed E-state index contributed by atoms with van der Waals surface area (Å²) in [5.74, 6) is -1.60. The molecule has 0 atom stereocenters. The maximum absolute atomic E-state index is 12.0. The number of hydrogen-bond donors (Lipinski definition) is 0. The van der Waals surface area contributed by atoms with Gasteiger partial charge in [-0.25, -0.2) is 0 Å². The Labute approximate surface area is 99.4 Å². The van der Waals surface area contributed by atoms with Gasteiger partial charge in [0.25, 0.3) is 0 Å². The van der Waals surface area contributed by atoms with Crippen molar-refractivity contribution in [1.82, 2.24) is 0 Å². The Balaban J connectivity index is 3.15. The molecular formula is C10H5ClF3NO2. The minimum absolute atomic E-state index is 0.0988.